The fourth-order valence-electron chi connectivity index (χ4n) is 1.93. The van der Waals surface area contributed by atoms with Crippen molar-refractivity contribution in [2.45, 2.75) is 23.2 Å². The molecule has 2 amide bonds. The standard InChI is InChI=1S/C17H14ClF3N2O2S/c1-10(15(24)22-23-16(25)11-5-3-2-4-6-11)26-12-7-8-14(18)13(9-12)17(19,20)21/h2-10H,1H3,(H,22,24)(H,23,25)/t10-/m1/s1. The summed E-state index contributed by atoms with van der Waals surface area (Å²) in [5.41, 5.74) is 3.90. The number of benzene rings is 2. The molecule has 0 radical (unpaired) electrons. The van der Waals surface area contributed by atoms with Crippen LogP contribution in [0.5, 0.6) is 0 Å². The van der Waals surface area contributed by atoms with E-state index in [9.17, 15) is 22.8 Å². The van der Waals surface area contributed by atoms with Crippen LogP contribution >= 0.6 is 23.4 Å². The van der Waals surface area contributed by atoms with Crippen molar-refractivity contribution >= 4 is 35.2 Å². The van der Waals surface area contributed by atoms with Crippen molar-refractivity contribution < 1.29 is 22.8 Å². The van der Waals surface area contributed by atoms with E-state index in [-0.39, 0.29) is 4.90 Å². The number of carbonyl (C=O) groups is 2. The first kappa shape index (κ1) is 20.1. The molecule has 0 aromatic heterocycles. The number of nitrogens with one attached hydrogen (secondary N) is 2. The number of carbonyl (C=O) groups excluding carboxylic acids is 2. The maximum absolute atomic E-state index is 12.9. The average molecular weight is 403 g/mol. The SMILES string of the molecule is C[C@@H](Sc1ccc(Cl)c(C(F)(F)F)c1)C(=O)NNC(=O)c1ccccc1. The zero-order valence-corrected chi connectivity index (χ0v) is 15.0. The van der Waals surface area contributed by atoms with Gasteiger partial charge < -0.3 is 0 Å². The molecule has 0 bridgehead atoms. The molecule has 0 heterocycles. The summed E-state index contributed by atoms with van der Waals surface area (Å²) in [7, 11) is 0. The van der Waals surface area contributed by atoms with E-state index >= 15 is 0 Å². The summed E-state index contributed by atoms with van der Waals surface area (Å²) < 4.78 is 38.6. The number of halogens is 4. The van der Waals surface area contributed by atoms with E-state index < -0.39 is 33.8 Å². The van der Waals surface area contributed by atoms with Gasteiger partial charge in [-0.05, 0) is 37.3 Å². The van der Waals surface area contributed by atoms with E-state index in [1.54, 1.807) is 30.3 Å². The van der Waals surface area contributed by atoms with Gasteiger partial charge in [0.15, 0.2) is 0 Å². The van der Waals surface area contributed by atoms with Crippen molar-refractivity contribution in [2.75, 3.05) is 0 Å². The molecule has 2 aromatic rings. The minimum Gasteiger partial charge on any atom is -0.272 e. The van der Waals surface area contributed by atoms with Gasteiger partial charge in [-0.25, -0.2) is 0 Å². The Kier molecular flexibility index (Phi) is 6.55. The van der Waals surface area contributed by atoms with Crippen molar-refractivity contribution in [3.05, 3.63) is 64.7 Å². The van der Waals surface area contributed by atoms with Gasteiger partial charge in [0.25, 0.3) is 11.8 Å². The summed E-state index contributed by atoms with van der Waals surface area (Å²) in [5.74, 6) is -1.05. The number of thioether (sulfide) groups is 1. The van der Waals surface area contributed by atoms with Crippen LogP contribution in [0.2, 0.25) is 5.02 Å². The third kappa shape index (κ3) is 5.40. The fraction of sp³-hybridized carbons (Fsp3) is 0.176. The number of rotatable bonds is 4. The molecular weight excluding hydrogens is 389 g/mol. The molecule has 0 unspecified atom stereocenters. The molecule has 0 aliphatic heterocycles. The third-order valence-electron chi connectivity index (χ3n) is 3.26. The molecule has 0 spiro atoms. The van der Waals surface area contributed by atoms with E-state index in [2.05, 4.69) is 10.9 Å². The van der Waals surface area contributed by atoms with E-state index in [1.165, 1.54) is 13.0 Å². The largest absolute Gasteiger partial charge is 0.417 e. The number of amides is 2. The second kappa shape index (κ2) is 8.46. The third-order valence-corrected chi connectivity index (χ3v) is 4.68. The predicted octanol–water partition coefficient (Wildman–Crippen LogP) is 4.30. The lowest BCUT2D eigenvalue weighted by atomic mass is 10.2. The molecule has 138 valence electrons. The van der Waals surface area contributed by atoms with E-state index in [0.717, 1.165) is 23.9 Å². The maximum Gasteiger partial charge on any atom is 0.417 e. The van der Waals surface area contributed by atoms with E-state index in [1.807, 2.05) is 0 Å². The highest BCUT2D eigenvalue weighted by Gasteiger charge is 2.33. The number of hydrogen-bond acceptors (Lipinski definition) is 3. The zero-order valence-electron chi connectivity index (χ0n) is 13.4. The van der Waals surface area contributed by atoms with Gasteiger partial charge in [-0.1, -0.05) is 29.8 Å². The van der Waals surface area contributed by atoms with Gasteiger partial charge in [-0.15, -0.1) is 11.8 Å². The Morgan fingerprint density at radius 2 is 1.73 bits per heavy atom. The van der Waals surface area contributed by atoms with Crippen molar-refractivity contribution in [2.24, 2.45) is 0 Å². The molecule has 2 rings (SSSR count). The minimum atomic E-state index is -4.58. The van der Waals surface area contributed by atoms with E-state index in [4.69, 9.17) is 11.6 Å². The summed E-state index contributed by atoms with van der Waals surface area (Å²) in [5, 5.41) is -1.15. The summed E-state index contributed by atoms with van der Waals surface area (Å²) in [6, 6.07) is 11.7. The normalized spacial score (nSPS) is 12.3. The second-order valence-electron chi connectivity index (χ2n) is 5.21. The van der Waals surface area contributed by atoms with Crippen LogP contribution in [0, 0.1) is 0 Å². The quantitative estimate of drug-likeness (QED) is 0.592. The molecule has 2 aromatic carbocycles. The fourth-order valence-corrected chi connectivity index (χ4v) is 3.07. The van der Waals surface area contributed by atoms with Crippen LogP contribution in [0.4, 0.5) is 13.2 Å². The van der Waals surface area contributed by atoms with Crippen molar-refractivity contribution in [3.63, 3.8) is 0 Å². The van der Waals surface area contributed by atoms with Gasteiger partial charge in [0.05, 0.1) is 15.8 Å². The number of hydrazine groups is 1. The first-order chi connectivity index (χ1) is 12.2. The Morgan fingerprint density at radius 3 is 2.35 bits per heavy atom. The molecule has 0 saturated heterocycles. The van der Waals surface area contributed by atoms with Crippen molar-refractivity contribution in [1.82, 2.24) is 10.9 Å². The molecule has 1 atom stereocenters. The molecule has 0 fully saturated rings. The molecule has 0 aliphatic carbocycles. The van der Waals surface area contributed by atoms with Gasteiger partial charge in [-0.3, -0.25) is 20.4 Å². The lowest BCUT2D eigenvalue weighted by Gasteiger charge is -2.14. The predicted molar refractivity (Wildman–Crippen MR) is 93.8 cm³/mol. The summed E-state index contributed by atoms with van der Waals surface area (Å²) in [4.78, 5) is 24.1. The Balaban J connectivity index is 1.96. The Hall–Kier alpha value is -2.19. The summed E-state index contributed by atoms with van der Waals surface area (Å²) in [6.07, 6.45) is -4.58. The molecular formula is C17H14ClF3N2O2S. The first-order valence-corrected chi connectivity index (χ1v) is 8.63. The summed E-state index contributed by atoms with van der Waals surface area (Å²) in [6.45, 7) is 1.51. The Labute approximate surface area is 157 Å². The van der Waals surface area contributed by atoms with Crippen molar-refractivity contribution in [3.8, 4) is 0 Å². The highest BCUT2D eigenvalue weighted by molar-refractivity contribution is 8.00. The lowest BCUT2D eigenvalue weighted by molar-refractivity contribution is -0.137. The Bertz CT molecular complexity index is 800. The van der Waals surface area contributed by atoms with Crippen LogP contribution in [-0.4, -0.2) is 17.1 Å². The zero-order chi connectivity index (χ0) is 19.3. The van der Waals surface area contributed by atoms with E-state index in [0.29, 0.717) is 5.56 Å². The van der Waals surface area contributed by atoms with Gasteiger partial charge in [0.2, 0.25) is 0 Å². The Morgan fingerprint density at radius 1 is 1.08 bits per heavy atom. The van der Waals surface area contributed by atoms with Crippen LogP contribution in [0.3, 0.4) is 0 Å². The second-order valence-corrected chi connectivity index (χ2v) is 7.03. The topological polar surface area (TPSA) is 58.2 Å². The van der Waals surface area contributed by atoms with Gasteiger partial charge >= 0.3 is 6.18 Å². The van der Waals surface area contributed by atoms with Gasteiger partial charge in [0, 0.05) is 10.5 Å². The van der Waals surface area contributed by atoms with Crippen LogP contribution in [0.25, 0.3) is 0 Å². The molecule has 4 nitrogen and oxygen atoms in total. The highest BCUT2D eigenvalue weighted by Crippen LogP contribution is 2.37. The molecule has 26 heavy (non-hydrogen) atoms. The van der Waals surface area contributed by atoms with Gasteiger partial charge in [0.1, 0.15) is 0 Å². The molecule has 2 N–H and O–H groups in total. The van der Waals surface area contributed by atoms with Crippen LogP contribution in [-0.2, 0) is 11.0 Å². The highest BCUT2D eigenvalue weighted by atomic mass is 35.5. The smallest absolute Gasteiger partial charge is 0.272 e. The maximum atomic E-state index is 12.9. The molecule has 0 aliphatic rings. The van der Waals surface area contributed by atoms with Crippen LogP contribution in [0.1, 0.15) is 22.8 Å². The van der Waals surface area contributed by atoms with Crippen LogP contribution < -0.4 is 10.9 Å². The molecule has 9 heteroatoms. The molecule has 0 saturated carbocycles. The first-order valence-electron chi connectivity index (χ1n) is 7.37. The monoisotopic (exact) mass is 402 g/mol. The van der Waals surface area contributed by atoms with Crippen LogP contribution in [0.15, 0.2) is 53.4 Å². The summed E-state index contributed by atoms with van der Waals surface area (Å²) >= 11 is 6.48. The minimum absolute atomic E-state index is 0.235. The number of alkyl halides is 3. The number of hydrogen-bond donors (Lipinski definition) is 2. The van der Waals surface area contributed by atoms with Crippen molar-refractivity contribution in [1.29, 1.82) is 0 Å². The van der Waals surface area contributed by atoms with Gasteiger partial charge in [-0.2, -0.15) is 13.2 Å². The lowest BCUT2D eigenvalue weighted by Crippen LogP contribution is -2.44. The average Bonchev–Trinajstić information content (AvgIpc) is 2.60.